The maximum absolute atomic E-state index is 13.7. The van der Waals surface area contributed by atoms with Crippen LogP contribution in [-0.4, -0.2) is 42.2 Å². The summed E-state index contributed by atoms with van der Waals surface area (Å²) in [6.45, 7) is 2.60. The minimum atomic E-state index is -0.773. The monoisotopic (exact) mass is 440 g/mol. The minimum Gasteiger partial charge on any atom is -0.497 e. The Morgan fingerprint density at radius 1 is 1.19 bits per heavy atom. The van der Waals surface area contributed by atoms with Gasteiger partial charge >= 0.3 is 0 Å². The quantitative estimate of drug-likeness (QED) is 0.766. The van der Waals surface area contributed by atoms with Crippen LogP contribution in [0.3, 0.4) is 0 Å². The van der Waals surface area contributed by atoms with Gasteiger partial charge in [-0.25, -0.2) is 4.39 Å². The lowest BCUT2D eigenvalue weighted by Gasteiger charge is -2.43. The van der Waals surface area contributed by atoms with Gasteiger partial charge in [0.2, 0.25) is 5.91 Å². The zero-order valence-electron chi connectivity index (χ0n) is 18.5. The highest BCUT2D eigenvalue weighted by Gasteiger charge is 2.53. The van der Waals surface area contributed by atoms with Crippen LogP contribution in [0.5, 0.6) is 5.75 Å². The van der Waals surface area contributed by atoms with E-state index in [0.29, 0.717) is 30.1 Å². The van der Waals surface area contributed by atoms with Gasteiger partial charge in [0.15, 0.2) is 0 Å². The molecule has 1 atom stereocenters. The van der Waals surface area contributed by atoms with Crippen LogP contribution in [0.15, 0.2) is 48.5 Å². The molecule has 1 saturated carbocycles. The van der Waals surface area contributed by atoms with Crippen LogP contribution in [0, 0.1) is 11.7 Å². The van der Waals surface area contributed by atoms with E-state index >= 15 is 0 Å². The molecule has 4 rings (SSSR count). The third kappa shape index (κ3) is 4.48. The van der Waals surface area contributed by atoms with Gasteiger partial charge in [-0.15, -0.1) is 0 Å². The van der Waals surface area contributed by atoms with Crippen LogP contribution < -0.4 is 10.1 Å². The van der Waals surface area contributed by atoms with E-state index in [4.69, 9.17) is 9.47 Å². The van der Waals surface area contributed by atoms with Crippen LogP contribution in [0.1, 0.15) is 48.5 Å². The summed E-state index contributed by atoms with van der Waals surface area (Å²) in [6.07, 6.45) is 3.27. The molecule has 6 nitrogen and oxygen atoms in total. The molecule has 1 N–H and O–H groups in total. The van der Waals surface area contributed by atoms with Gasteiger partial charge in [-0.2, -0.15) is 0 Å². The summed E-state index contributed by atoms with van der Waals surface area (Å²) in [5.41, 5.74) is 0.472. The van der Waals surface area contributed by atoms with E-state index in [1.807, 2.05) is 0 Å². The highest BCUT2D eigenvalue weighted by Crippen LogP contribution is 2.43. The number of benzene rings is 2. The van der Waals surface area contributed by atoms with Gasteiger partial charge in [0.1, 0.15) is 23.3 Å². The van der Waals surface area contributed by atoms with E-state index in [2.05, 4.69) is 12.2 Å². The minimum absolute atomic E-state index is 0.152. The molecule has 1 saturated heterocycles. The molecule has 1 aliphatic heterocycles. The van der Waals surface area contributed by atoms with Crippen molar-refractivity contribution in [1.82, 2.24) is 10.2 Å². The van der Waals surface area contributed by atoms with Crippen molar-refractivity contribution >= 4 is 11.8 Å². The second-order valence-corrected chi connectivity index (χ2v) is 8.71. The molecular formula is C25H29FN2O4. The standard InChI is InChI=1S/C25H29FN2O4/c1-17-10-12-25(13-11-17)28(24(30)19-4-3-5-21(14-19)31-2)22(16-32-25)23(29)27-15-18-6-8-20(26)9-7-18/h3-9,14,17,22H,10-13,15-16H2,1-2H3,(H,27,29)/t17?,22-,25?/m1/s1. The average Bonchev–Trinajstić information content (AvgIpc) is 3.19. The molecule has 0 unspecified atom stereocenters. The van der Waals surface area contributed by atoms with Crippen molar-refractivity contribution in [1.29, 1.82) is 0 Å². The number of hydrogen-bond acceptors (Lipinski definition) is 4. The lowest BCUT2D eigenvalue weighted by Crippen LogP contribution is -2.56. The predicted molar refractivity (Wildman–Crippen MR) is 118 cm³/mol. The Balaban J connectivity index is 1.57. The predicted octanol–water partition coefficient (Wildman–Crippen LogP) is 3.90. The number of ether oxygens (including phenoxy) is 2. The van der Waals surface area contributed by atoms with E-state index in [1.54, 1.807) is 48.4 Å². The van der Waals surface area contributed by atoms with Gasteiger partial charge in [-0.05, 0) is 67.5 Å². The molecule has 32 heavy (non-hydrogen) atoms. The Morgan fingerprint density at radius 3 is 2.59 bits per heavy atom. The van der Waals surface area contributed by atoms with Crippen molar-refractivity contribution in [3.63, 3.8) is 0 Å². The first-order valence-corrected chi connectivity index (χ1v) is 11.1. The average molecular weight is 441 g/mol. The SMILES string of the molecule is COc1cccc(C(=O)N2[C@@H](C(=O)NCc3ccc(F)cc3)COC23CCC(C)CC3)c1. The summed E-state index contributed by atoms with van der Waals surface area (Å²) in [6, 6.07) is 12.2. The highest BCUT2D eigenvalue weighted by molar-refractivity contribution is 5.98. The van der Waals surface area contributed by atoms with Gasteiger partial charge in [-0.3, -0.25) is 14.5 Å². The largest absolute Gasteiger partial charge is 0.497 e. The molecule has 1 aliphatic carbocycles. The molecule has 7 heteroatoms. The Morgan fingerprint density at radius 2 is 1.91 bits per heavy atom. The van der Waals surface area contributed by atoms with Crippen molar-refractivity contribution in [2.45, 2.75) is 50.9 Å². The number of carbonyl (C=O) groups excluding carboxylic acids is 2. The molecular weight excluding hydrogens is 411 g/mol. The van der Waals surface area contributed by atoms with Crippen molar-refractivity contribution in [2.24, 2.45) is 5.92 Å². The van der Waals surface area contributed by atoms with Crippen molar-refractivity contribution in [3.05, 3.63) is 65.5 Å². The first-order chi connectivity index (χ1) is 15.4. The van der Waals surface area contributed by atoms with Crippen LogP contribution >= 0.6 is 0 Å². The number of hydrogen-bond donors (Lipinski definition) is 1. The van der Waals surface area contributed by atoms with Crippen molar-refractivity contribution in [3.8, 4) is 5.75 Å². The van der Waals surface area contributed by atoms with Gasteiger partial charge < -0.3 is 14.8 Å². The molecule has 0 bridgehead atoms. The number of carbonyl (C=O) groups is 2. The fraction of sp³-hybridized carbons (Fsp3) is 0.440. The molecule has 2 amide bonds. The summed E-state index contributed by atoms with van der Waals surface area (Å²) in [5.74, 6) is 0.302. The zero-order chi connectivity index (χ0) is 22.7. The highest BCUT2D eigenvalue weighted by atomic mass is 19.1. The summed E-state index contributed by atoms with van der Waals surface area (Å²) in [4.78, 5) is 28.5. The summed E-state index contributed by atoms with van der Waals surface area (Å²) >= 11 is 0. The van der Waals surface area contributed by atoms with Gasteiger partial charge in [-0.1, -0.05) is 25.1 Å². The molecule has 0 aromatic heterocycles. The second kappa shape index (κ2) is 9.28. The van der Waals surface area contributed by atoms with E-state index in [-0.39, 0.29) is 30.8 Å². The third-order valence-electron chi connectivity index (χ3n) is 6.53. The molecule has 2 fully saturated rings. The van der Waals surface area contributed by atoms with Crippen molar-refractivity contribution in [2.75, 3.05) is 13.7 Å². The molecule has 170 valence electrons. The molecule has 2 aromatic rings. The smallest absolute Gasteiger partial charge is 0.257 e. The molecule has 2 aliphatic rings. The Hall–Kier alpha value is -2.93. The maximum atomic E-state index is 13.7. The first kappa shape index (κ1) is 22.3. The fourth-order valence-corrected chi connectivity index (χ4v) is 4.58. The summed E-state index contributed by atoms with van der Waals surface area (Å²) in [7, 11) is 1.55. The Bertz CT molecular complexity index is 970. The number of nitrogens with one attached hydrogen (secondary N) is 1. The normalized spacial score (nSPS) is 25.0. The lowest BCUT2D eigenvalue weighted by atomic mass is 9.83. The van der Waals surface area contributed by atoms with E-state index in [9.17, 15) is 14.0 Å². The van der Waals surface area contributed by atoms with Crippen LogP contribution in [0.4, 0.5) is 4.39 Å². The van der Waals surface area contributed by atoms with Crippen LogP contribution in [-0.2, 0) is 16.1 Å². The number of rotatable bonds is 5. The summed E-state index contributed by atoms with van der Waals surface area (Å²) < 4.78 is 24.6. The zero-order valence-corrected chi connectivity index (χ0v) is 18.5. The number of amides is 2. The van der Waals surface area contributed by atoms with Crippen molar-refractivity contribution < 1.29 is 23.5 Å². The van der Waals surface area contributed by atoms with Gasteiger partial charge in [0.25, 0.3) is 5.91 Å². The molecule has 0 radical (unpaired) electrons. The molecule has 1 spiro atoms. The van der Waals surface area contributed by atoms with E-state index in [1.165, 1.54) is 12.1 Å². The second-order valence-electron chi connectivity index (χ2n) is 8.71. The van der Waals surface area contributed by atoms with Crippen LogP contribution in [0.2, 0.25) is 0 Å². The third-order valence-corrected chi connectivity index (χ3v) is 6.53. The fourth-order valence-electron chi connectivity index (χ4n) is 4.58. The summed E-state index contributed by atoms with van der Waals surface area (Å²) in [5, 5.41) is 2.89. The topological polar surface area (TPSA) is 67.9 Å². The molecule has 2 aromatic carbocycles. The maximum Gasteiger partial charge on any atom is 0.257 e. The first-order valence-electron chi connectivity index (χ1n) is 11.1. The number of halogens is 1. The van der Waals surface area contributed by atoms with Gasteiger partial charge in [0, 0.05) is 12.1 Å². The Labute approximate surface area is 187 Å². The van der Waals surface area contributed by atoms with E-state index < -0.39 is 11.8 Å². The van der Waals surface area contributed by atoms with E-state index in [0.717, 1.165) is 18.4 Å². The molecule has 1 heterocycles. The number of nitrogens with zero attached hydrogens (tertiary/aromatic N) is 1. The Kier molecular flexibility index (Phi) is 6.46. The number of methoxy groups -OCH3 is 1. The van der Waals surface area contributed by atoms with Gasteiger partial charge in [0.05, 0.1) is 13.7 Å². The lowest BCUT2D eigenvalue weighted by molar-refractivity contribution is -0.128. The van der Waals surface area contributed by atoms with Crippen LogP contribution in [0.25, 0.3) is 0 Å².